The molecule has 0 aliphatic carbocycles. The summed E-state index contributed by atoms with van der Waals surface area (Å²) < 4.78 is 13.2. The van der Waals surface area contributed by atoms with Crippen LogP contribution in [-0.4, -0.2) is 33.0 Å². The molecule has 0 fully saturated rings. The zero-order valence-corrected chi connectivity index (χ0v) is 20.8. The van der Waals surface area contributed by atoms with Gasteiger partial charge in [0.1, 0.15) is 5.82 Å². The second kappa shape index (κ2) is 10.4. The van der Waals surface area contributed by atoms with Crippen molar-refractivity contribution in [3.63, 3.8) is 0 Å². The van der Waals surface area contributed by atoms with Gasteiger partial charge in [0.25, 0.3) is 5.56 Å². The highest BCUT2D eigenvalue weighted by molar-refractivity contribution is 6.01. The Morgan fingerprint density at radius 2 is 1.59 bits per heavy atom. The van der Waals surface area contributed by atoms with Crippen LogP contribution in [0, 0.1) is 0 Å². The van der Waals surface area contributed by atoms with Gasteiger partial charge in [0.2, 0.25) is 0 Å². The second-order valence-corrected chi connectivity index (χ2v) is 8.57. The first kappa shape index (κ1) is 24.5. The summed E-state index contributed by atoms with van der Waals surface area (Å²) in [5.41, 5.74) is 2.54. The normalized spacial score (nSPS) is 11.2. The first-order chi connectivity index (χ1) is 18.1. The molecule has 188 valence electrons. The molecule has 0 amide bonds. The van der Waals surface area contributed by atoms with Crippen molar-refractivity contribution in [3.8, 4) is 28.4 Å². The molecular weight excluding hydrogens is 468 g/mol. The van der Waals surface area contributed by atoms with E-state index >= 15 is 0 Å². The van der Waals surface area contributed by atoms with Crippen LogP contribution in [0.25, 0.3) is 38.5 Å². The number of aliphatic hydroxyl groups excluding tert-OH is 2. The number of rotatable bonds is 8. The number of pyridine rings is 2. The van der Waals surface area contributed by atoms with Gasteiger partial charge in [-0.25, -0.2) is 4.98 Å². The van der Waals surface area contributed by atoms with E-state index in [2.05, 4.69) is 4.98 Å². The van der Waals surface area contributed by atoms with Gasteiger partial charge < -0.3 is 19.7 Å². The molecule has 0 radical (unpaired) electrons. The molecule has 7 nitrogen and oxygen atoms in total. The van der Waals surface area contributed by atoms with E-state index in [4.69, 9.17) is 9.47 Å². The molecule has 0 spiro atoms. The Balaban J connectivity index is 1.77. The fraction of sp³-hybridized carbons (Fsp3) is 0.200. The van der Waals surface area contributed by atoms with Crippen LogP contribution in [0.5, 0.6) is 11.5 Å². The van der Waals surface area contributed by atoms with Crippen molar-refractivity contribution in [2.24, 2.45) is 0 Å². The van der Waals surface area contributed by atoms with Gasteiger partial charge >= 0.3 is 0 Å². The van der Waals surface area contributed by atoms with E-state index in [1.807, 2.05) is 68.4 Å². The first-order valence-electron chi connectivity index (χ1n) is 12.3. The highest BCUT2D eigenvalue weighted by Crippen LogP contribution is 2.41. The third-order valence-electron chi connectivity index (χ3n) is 6.43. The van der Waals surface area contributed by atoms with Crippen molar-refractivity contribution in [1.29, 1.82) is 0 Å². The Morgan fingerprint density at radius 3 is 2.32 bits per heavy atom. The molecule has 5 rings (SSSR count). The summed E-state index contributed by atoms with van der Waals surface area (Å²) in [6, 6.07) is 18.6. The minimum absolute atomic E-state index is 0.168. The van der Waals surface area contributed by atoms with Crippen molar-refractivity contribution in [1.82, 2.24) is 9.55 Å². The maximum absolute atomic E-state index is 13.2. The van der Waals surface area contributed by atoms with Crippen molar-refractivity contribution < 1.29 is 19.7 Å². The average Bonchev–Trinajstić information content (AvgIpc) is 2.93. The Bertz CT molecular complexity index is 1660. The van der Waals surface area contributed by atoms with Crippen LogP contribution in [0.3, 0.4) is 0 Å². The van der Waals surface area contributed by atoms with Gasteiger partial charge in [0, 0.05) is 17.8 Å². The van der Waals surface area contributed by atoms with Crippen LogP contribution >= 0.6 is 0 Å². The number of ether oxygens (including phenoxy) is 2. The summed E-state index contributed by atoms with van der Waals surface area (Å²) in [5.74, 6) is 1.66. The fourth-order valence-corrected chi connectivity index (χ4v) is 4.77. The maximum Gasteiger partial charge on any atom is 0.264 e. The van der Waals surface area contributed by atoms with E-state index in [0.717, 1.165) is 27.3 Å². The molecule has 0 atom stereocenters. The zero-order chi connectivity index (χ0) is 25.9. The van der Waals surface area contributed by atoms with E-state index in [-0.39, 0.29) is 18.8 Å². The highest BCUT2D eigenvalue weighted by Gasteiger charge is 2.19. The molecule has 3 aromatic carbocycles. The summed E-state index contributed by atoms with van der Waals surface area (Å²) in [5, 5.41) is 23.6. The quantitative estimate of drug-likeness (QED) is 0.314. The van der Waals surface area contributed by atoms with Crippen LogP contribution in [0.1, 0.15) is 25.0 Å². The first-order valence-corrected chi connectivity index (χ1v) is 12.3. The summed E-state index contributed by atoms with van der Waals surface area (Å²) in [6.07, 6.45) is 3.36. The predicted octanol–water partition coefficient (Wildman–Crippen LogP) is 4.99. The smallest absolute Gasteiger partial charge is 0.264 e. The maximum atomic E-state index is 13.2. The standard InChI is InChI=1S/C30H28N2O5/c1-3-36-26-14-21-13-22(17-33)25(18-34)29(24(21)16-27(26)37-4-2)20-9-11-31-28(15-20)32-12-10-19-7-5-6-8-23(19)30(32)35/h5-16,33-34H,3-4,17-18H2,1-2H3. The van der Waals surface area contributed by atoms with Gasteiger partial charge in [-0.2, -0.15) is 0 Å². The van der Waals surface area contributed by atoms with Gasteiger partial charge in [-0.05, 0) is 94.7 Å². The Hall–Kier alpha value is -4.20. The lowest BCUT2D eigenvalue weighted by atomic mass is 9.90. The van der Waals surface area contributed by atoms with Gasteiger partial charge in [-0.1, -0.05) is 18.2 Å². The Labute approximate surface area is 214 Å². The highest BCUT2D eigenvalue weighted by atomic mass is 16.5. The van der Waals surface area contributed by atoms with Gasteiger partial charge in [-0.3, -0.25) is 9.36 Å². The molecule has 7 heteroatoms. The molecule has 0 saturated carbocycles. The van der Waals surface area contributed by atoms with E-state index in [0.29, 0.717) is 47.0 Å². The third-order valence-corrected chi connectivity index (χ3v) is 6.43. The second-order valence-electron chi connectivity index (χ2n) is 8.57. The van der Waals surface area contributed by atoms with Crippen LogP contribution in [0.15, 0.2) is 77.9 Å². The largest absolute Gasteiger partial charge is 0.490 e. The van der Waals surface area contributed by atoms with Gasteiger partial charge in [0.05, 0.1) is 26.4 Å². The monoisotopic (exact) mass is 496 g/mol. The molecule has 2 aromatic heterocycles. The molecule has 0 bridgehead atoms. The lowest BCUT2D eigenvalue weighted by Gasteiger charge is -2.19. The number of hydrogen-bond donors (Lipinski definition) is 2. The van der Waals surface area contributed by atoms with Crippen LogP contribution in [0.4, 0.5) is 0 Å². The van der Waals surface area contributed by atoms with E-state index in [1.54, 1.807) is 18.5 Å². The third kappa shape index (κ3) is 4.43. The summed E-state index contributed by atoms with van der Waals surface area (Å²) in [6.45, 7) is 4.25. The van der Waals surface area contributed by atoms with Gasteiger partial charge in [-0.15, -0.1) is 0 Å². The minimum Gasteiger partial charge on any atom is -0.490 e. The molecule has 2 heterocycles. The number of aliphatic hydroxyl groups is 2. The van der Waals surface area contributed by atoms with Crippen molar-refractivity contribution in [2.75, 3.05) is 13.2 Å². The fourth-order valence-electron chi connectivity index (χ4n) is 4.77. The molecule has 2 N–H and O–H groups in total. The molecule has 0 unspecified atom stereocenters. The number of fused-ring (bicyclic) bond motifs is 2. The Morgan fingerprint density at radius 1 is 0.838 bits per heavy atom. The summed E-state index contributed by atoms with van der Waals surface area (Å²) >= 11 is 0. The molecule has 0 saturated heterocycles. The SMILES string of the molecule is CCOc1cc2cc(CO)c(CO)c(-c3ccnc(-n4ccc5ccccc5c4=O)c3)c2cc1OCC. The minimum atomic E-state index is -0.272. The van der Waals surface area contributed by atoms with E-state index < -0.39 is 0 Å². The molecule has 37 heavy (non-hydrogen) atoms. The van der Waals surface area contributed by atoms with Gasteiger partial charge in [0.15, 0.2) is 11.5 Å². The van der Waals surface area contributed by atoms with Crippen molar-refractivity contribution in [3.05, 3.63) is 94.5 Å². The summed E-state index contributed by atoms with van der Waals surface area (Å²) in [4.78, 5) is 17.7. The van der Waals surface area contributed by atoms with E-state index in [9.17, 15) is 15.0 Å². The number of aromatic nitrogens is 2. The average molecular weight is 497 g/mol. The van der Waals surface area contributed by atoms with Crippen molar-refractivity contribution >= 4 is 21.5 Å². The van der Waals surface area contributed by atoms with Crippen LogP contribution < -0.4 is 15.0 Å². The topological polar surface area (TPSA) is 93.8 Å². The number of benzene rings is 3. The number of hydrogen-bond acceptors (Lipinski definition) is 6. The lowest BCUT2D eigenvalue weighted by Crippen LogP contribution is -2.18. The van der Waals surface area contributed by atoms with Crippen molar-refractivity contribution in [2.45, 2.75) is 27.1 Å². The molecular formula is C30H28N2O5. The van der Waals surface area contributed by atoms with Crippen LogP contribution in [-0.2, 0) is 13.2 Å². The summed E-state index contributed by atoms with van der Waals surface area (Å²) in [7, 11) is 0. The Kier molecular flexibility index (Phi) is 6.90. The molecule has 0 aliphatic heterocycles. The van der Waals surface area contributed by atoms with Crippen LogP contribution in [0.2, 0.25) is 0 Å². The zero-order valence-electron chi connectivity index (χ0n) is 20.8. The molecule has 5 aromatic rings. The lowest BCUT2D eigenvalue weighted by molar-refractivity contribution is 0.260. The number of nitrogens with zero attached hydrogens (tertiary/aromatic N) is 2. The predicted molar refractivity (Wildman–Crippen MR) is 144 cm³/mol. The molecule has 0 aliphatic rings. The van der Waals surface area contributed by atoms with E-state index in [1.165, 1.54) is 4.57 Å².